The van der Waals surface area contributed by atoms with E-state index in [0.29, 0.717) is 12.1 Å². The van der Waals surface area contributed by atoms with Gasteiger partial charge in [0, 0.05) is 24.0 Å². The summed E-state index contributed by atoms with van der Waals surface area (Å²) in [6, 6.07) is 6.69. The minimum Gasteiger partial charge on any atom is -0.480 e. The number of amides is 2. The standard InChI is InChI=1S/C18H24FN3O3/c1-2-22(10-17(23)24)12-7-11(8-12)20-18(25)21-16-9-14(16)13-5-3-4-6-15(13)19/h3-6,11-12,14,16H,2,7-10H2,1H3,(H,23,24)(H2,20,21,25)/t11?,12?,14-,16+/m0/s1. The van der Waals surface area contributed by atoms with Crippen LogP contribution in [0.4, 0.5) is 9.18 Å². The predicted octanol–water partition coefficient (Wildman–Crippen LogP) is 1.92. The molecule has 1 aromatic carbocycles. The van der Waals surface area contributed by atoms with Gasteiger partial charge in [-0.2, -0.15) is 0 Å². The minimum atomic E-state index is -0.830. The first-order chi connectivity index (χ1) is 12.0. The Morgan fingerprint density at radius 3 is 2.60 bits per heavy atom. The first kappa shape index (κ1) is 17.7. The molecule has 136 valence electrons. The van der Waals surface area contributed by atoms with Crippen molar-refractivity contribution in [2.75, 3.05) is 13.1 Å². The molecule has 1 aromatic rings. The van der Waals surface area contributed by atoms with Crippen LogP contribution in [-0.4, -0.2) is 53.2 Å². The van der Waals surface area contributed by atoms with Crippen LogP contribution in [0.2, 0.25) is 0 Å². The molecule has 0 radical (unpaired) electrons. The maximum Gasteiger partial charge on any atom is 0.317 e. The Bertz CT molecular complexity index is 648. The van der Waals surface area contributed by atoms with E-state index in [1.807, 2.05) is 11.8 Å². The van der Waals surface area contributed by atoms with Crippen molar-refractivity contribution < 1.29 is 19.1 Å². The van der Waals surface area contributed by atoms with Gasteiger partial charge in [-0.25, -0.2) is 9.18 Å². The van der Waals surface area contributed by atoms with Gasteiger partial charge in [0.2, 0.25) is 0 Å². The summed E-state index contributed by atoms with van der Waals surface area (Å²) >= 11 is 0. The number of carboxylic acids is 1. The molecule has 2 aliphatic rings. The van der Waals surface area contributed by atoms with Crippen LogP contribution >= 0.6 is 0 Å². The molecule has 3 rings (SSSR count). The lowest BCUT2D eigenvalue weighted by molar-refractivity contribution is -0.139. The van der Waals surface area contributed by atoms with Crippen molar-refractivity contribution in [3.05, 3.63) is 35.6 Å². The molecular formula is C18H24FN3O3. The summed E-state index contributed by atoms with van der Waals surface area (Å²) in [5.41, 5.74) is 0.656. The van der Waals surface area contributed by atoms with Gasteiger partial charge in [-0.3, -0.25) is 9.69 Å². The predicted molar refractivity (Wildman–Crippen MR) is 90.9 cm³/mol. The van der Waals surface area contributed by atoms with Gasteiger partial charge >= 0.3 is 12.0 Å². The van der Waals surface area contributed by atoms with Crippen LogP contribution < -0.4 is 10.6 Å². The highest BCUT2D eigenvalue weighted by molar-refractivity contribution is 5.75. The number of carboxylic acid groups (broad SMARTS) is 1. The summed E-state index contributed by atoms with van der Waals surface area (Å²) in [6.07, 6.45) is 2.27. The van der Waals surface area contributed by atoms with Gasteiger partial charge in [0.1, 0.15) is 5.82 Å². The van der Waals surface area contributed by atoms with E-state index in [0.717, 1.165) is 19.3 Å². The summed E-state index contributed by atoms with van der Waals surface area (Å²) < 4.78 is 13.7. The van der Waals surface area contributed by atoms with Crippen molar-refractivity contribution in [1.82, 2.24) is 15.5 Å². The maximum atomic E-state index is 13.7. The van der Waals surface area contributed by atoms with Gasteiger partial charge < -0.3 is 15.7 Å². The third-order valence-corrected chi connectivity index (χ3v) is 5.12. The van der Waals surface area contributed by atoms with Gasteiger partial charge in [0.05, 0.1) is 6.54 Å². The molecule has 7 heteroatoms. The van der Waals surface area contributed by atoms with Gasteiger partial charge in [-0.05, 0) is 37.4 Å². The van der Waals surface area contributed by atoms with Crippen molar-refractivity contribution in [1.29, 1.82) is 0 Å². The first-order valence-corrected chi connectivity index (χ1v) is 8.75. The lowest BCUT2D eigenvalue weighted by Gasteiger charge is -2.42. The Morgan fingerprint density at radius 2 is 1.96 bits per heavy atom. The number of likely N-dealkylation sites (N-methyl/N-ethyl adjacent to an activating group) is 1. The van der Waals surface area contributed by atoms with Crippen molar-refractivity contribution in [2.45, 2.75) is 50.2 Å². The Morgan fingerprint density at radius 1 is 1.24 bits per heavy atom. The summed E-state index contributed by atoms with van der Waals surface area (Å²) in [4.78, 5) is 24.8. The Hall–Kier alpha value is -2.15. The highest BCUT2D eigenvalue weighted by Gasteiger charge is 2.42. The number of hydrogen-bond donors (Lipinski definition) is 3. The Balaban J connectivity index is 1.39. The second-order valence-corrected chi connectivity index (χ2v) is 6.87. The highest BCUT2D eigenvalue weighted by Crippen LogP contribution is 2.41. The summed E-state index contributed by atoms with van der Waals surface area (Å²) in [5.74, 6) is -1.01. The van der Waals surface area contributed by atoms with Gasteiger partial charge in [0.15, 0.2) is 0 Å². The van der Waals surface area contributed by atoms with E-state index in [-0.39, 0.29) is 42.4 Å². The fraction of sp³-hybridized carbons (Fsp3) is 0.556. The SMILES string of the molecule is CCN(CC(=O)O)C1CC(NC(=O)N[C@@H]2C[C@H]2c2ccccc2F)C1. The van der Waals surface area contributed by atoms with Crippen LogP contribution in [0.3, 0.4) is 0 Å². The molecule has 0 unspecified atom stereocenters. The number of aliphatic carboxylic acids is 1. The van der Waals surface area contributed by atoms with Crippen LogP contribution in [-0.2, 0) is 4.79 Å². The zero-order valence-corrected chi connectivity index (χ0v) is 14.2. The Labute approximate surface area is 146 Å². The normalized spacial score (nSPS) is 27.5. The molecule has 2 fully saturated rings. The van der Waals surface area contributed by atoms with Crippen molar-refractivity contribution in [2.24, 2.45) is 0 Å². The number of halogens is 1. The molecule has 0 aliphatic heterocycles. The lowest BCUT2D eigenvalue weighted by Crippen LogP contribution is -2.56. The second-order valence-electron chi connectivity index (χ2n) is 6.87. The molecule has 0 bridgehead atoms. The van der Waals surface area contributed by atoms with Crippen LogP contribution in [0.5, 0.6) is 0 Å². The van der Waals surface area contributed by atoms with E-state index in [9.17, 15) is 14.0 Å². The molecule has 6 nitrogen and oxygen atoms in total. The molecule has 0 aromatic heterocycles. The third-order valence-electron chi connectivity index (χ3n) is 5.12. The van der Waals surface area contributed by atoms with Crippen molar-refractivity contribution in [3.8, 4) is 0 Å². The molecule has 25 heavy (non-hydrogen) atoms. The summed E-state index contributed by atoms with van der Waals surface area (Å²) in [6.45, 7) is 2.65. The van der Waals surface area contributed by atoms with E-state index >= 15 is 0 Å². The molecule has 2 aliphatic carbocycles. The van der Waals surface area contributed by atoms with Crippen molar-refractivity contribution in [3.63, 3.8) is 0 Å². The summed E-state index contributed by atoms with van der Waals surface area (Å²) in [5, 5.41) is 14.7. The van der Waals surface area contributed by atoms with Crippen LogP contribution in [0.15, 0.2) is 24.3 Å². The fourth-order valence-electron chi connectivity index (χ4n) is 3.55. The van der Waals surface area contributed by atoms with E-state index in [1.165, 1.54) is 6.07 Å². The largest absolute Gasteiger partial charge is 0.480 e. The number of carbonyl (C=O) groups is 2. The van der Waals surface area contributed by atoms with E-state index in [4.69, 9.17) is 5.11 Å². The molecule has 2 saturated carbocycles. The zero-order valence-electron chi connectivity index (χ0n) is 14.2. The van der Waals surface area contributed by atoms with Crippen LogP contribution in [0.1, 0.15) is 37.7 Å². The Kier molecular flexibility index (Phi) is 5.22. The maximum absolute atomic E-state index is 13.7. The number of nitrogens with one attached hydrogen (secondary N) is 2. The first-order valence-electron chi connectivity index (χ1n) is 8.75. The number of rotatable bonds is 7. The average molecular weight is 349 g/mol. The van der Waals surface area contributed by atoms with Gasteiger partial charge in [-0.1, -0.05) is 25.1 Å². The molecule has 2 atom stereocenters. The molecule has 3 N–H and O–H groups in total. The molecule has 0 saturated heterocycles. The number of nitrogens with zero attached hydrogens (tertiary/aromatic N) is 1. The lowest BCUT2D eigenvalue weighted by atomic mass is 9.85. The molecule has 2 amide bonds. The van der Waals surface area contributed by atoms with Crippen molar-refractivity contribution >= 4 is 12.0 Å². The zero-order chi connectivity index (χ0) is 18.0. The summed E-state index contributed by atoms with van der Waals surface area (Å²) in [7, 11) is 0. The molecule has 0 spiro atoms. The van der Waals surface area contributed by atoms with E-state index in [1.54, 1.807) is 18.2 Å². The highest BCUT2D eigenvalue weighted by atomic mass is 19.1. The minimum absolute atomic E-state index is 0.0214. The monoisotopic (exact) mass is 349 g/mol. The third kappa shape index (κ3) is 4.28. The molecule has 0 heterocycles. The quantitative estimate of drug-likeness (QED) is 0.702. The van der Waals surface area contributed by atoms with Crippen LogP contribution in [0, 0.1) is 5.82 Å². The number of carbonyl (C=O) groups excluding carboxylic acids is 1. The molecular weight excluding hydrogens is 325 g/mol. The fourth-order valence-corrected chi connectivity index (χ4v) is 3.55. The number of urea groups is 1. The number of benzene rings is 1. The second kappa shape index (κ2) is 7.39. The average Bonchev–Trinajstić information content (AvgIpc) is 3.27. The smallest absolute Gasteiger partial charge is 0.317 e. The topological polar surface area (TPSA) is 81.7 Å². The van der Waals surface area contributed by atoms with Crippen LogP contribution in [0.25, 0.3) is 0 Å². The van der Waals surface area contributed by atoms with E-state index in [2.05, 4.69) is 10.6 Å². The number of hydrogen-bond acceptors (Lipinski definition) is 3. The van der Waals surface area contributed by atoms with Gasteiger partial charge in [0.25, 0.3) is 0 Å². The van der Waals surface area contributed by atoms with Gasteiger partial charge in [-0.15, -0.1) is 0 Å². The van der Waals surface area contributed by atoms with E-state index < -0.39 is 5.97 Å².